The van der Waals surface area contributed by atoms with E-state index < -0.39 is 0 Å². The largest absolute Gasteiger partial charge is 0.381 e. The predicted molar refractivity (Wildman–Crippen MR) is 58.8 cm³/mol. The van der Waals surface area contributed by atoms with Crippen molar-refractivity contribution in [2.45, 2.75) is 26.7 Å². The monoisotopic (exact) mass is 211 g/mol. The van der Waals surface area contributed by atoms with Gasteiger partial charge in [0, 0.05) is 19.1 Å². The smallest absolute Gasteiger partial charge is 0.152 e. The minimum Gasteiger partial charge on any atom is -0.381 e. The summed E-state index contributed by atoms with van der Waals surface area (Å²) in [5.74, 6) is 0.555. The van der Waals surface area contributed by atoms with Crippen LogP contribution in [0.25, 0.3) is 0 Å². The van der Waals surface area contributed by atoms with Gasteiger partial charge in [0.25, 0.3) is 0 Å². The van der Waals surface area contributed by atoms with Crippen molar-refractivity contribution >= 4 is 5.78 Å². The summed E-state index contributed by atoms with van der Waals surface area (Å²) in [5.41, 5.74) is 0.395. The molecule has 0 aromatic heterocycles. The zero-order chi connectivity index (χ0) is 10.9. The second-order valence-electron chi connectivity index (χ2n) is 5.65. The lowest BCUT2D eigenvalue weighted by Gasteiger charge is -2.20. The van der Waals surface area contributed by atoms with Crippen molar-refractivity contribution in [3.63, 3.8) is 0 Å². The van der Waals surface area contributed by atoms with E-state index in [1.807, 2.05) is 0 Å². The number of ketones is 1. The summed E-state index contributed by atoms with van der Waals surface area (Å²) >= 11 is 0. The van der Waals surface area contributed by atoms with Gasteiger partial charge in [-0.2, -0.15) is 0 Å². The van der Waals surface area contributed by atoms with Crippen LogP contribution in [0.1, 0.15) is 26.7 Å². The lowest BCUT2D eigenvalue weighted by Crippen LogP contribution is -2.32. The zero-order valence-electron chi connectivity index (χ0n) is 9.79. The maximum atomic E-state index is 11.9. The van der Waals surface area contributed by atoms with Gasteiger partial charge in [0.15, 0.2) is 5.78 Å². The Bertz CT molecular complexity index is 244. The normalized spacial score (nSPS) is 30.9. The van der Waals surface area contributed by atoms with E-state index in [1.54, 1.807) is 0 Å². The maximum absolute atomic E-state index is 11.9. The molecular formula is C12H21NO2. The molecule has 2 heterocycles. The molecule has 0 aromatic rings. The van der Waals surface area contributed by atoms with Crippen LogP contribution >= 0.6 is 0 Å². The number of nitrogens with zero attached hydrogens (tertiary/aromatic N) is 1. The van der Waals surface area contributed by atoms with Crippen molar-refractivity contribution in [3.05, 3.63) is 0 Å². The molecular weight excluding hydrogens is 190 g/mol. The van der Waals surface area contributed by atoms with Crippen molar-refractivity contribution in [1.82, 2.24) is 4.90 Å². The third-order valence-electron chi connectivity index (χ3n) is 3.52. The maximum Gasteiger partial charge on any atom is 0.152 e. The van der Waals surface area contributed by atoms with Crippen LogP contribution in [0.4, 0.5) is 0 Å². The van der Waals surface area contributed by atoms with Gasteiger partial charge in [0.05, 0.1) is 13.2 Å². The molecule has 2 rings (SSSR count). The molecule has 2 saturated heterocycles. The molecule has 0 spiro atoms. The Labute approximate surface area is 91.8 Å². The predicted octanol–water partition coefficient (Wildman–Crippen LogP) is 1.32. The minimum absolute atomic E-state index is 0.175. The molecule has 86 valence electrons. The van der Waals surface area contributed by atoms with Crippen molar-refractivity contribution in [2.75, 3.05) is 32.8 Å². The standard InChI is InChI=1S/C12H21NO2/c1-12(2)4-5-13(9-12)7-11(14)10-3-6-15-8-10/h10H,3-9H2,1-2H3. The molecule has 0 N–H and O–H groups in total. The van der Waals surface area contributed by atoms with Crippen LogP contribution in [0.2, 0.25) is 0 Å². The summed E-state index contributed by atoms with van der Waals surface area (Å²) in [6.45, 7) is 8.74. The molecule has 0 bridgehead atoms. The van der Waals surface area contributed by atoms with Crippen molar-refractivity contribution in [2.24, 2.45) is 11.3 Å². The van der Waals surface area contributed by atoms with Crippen LogP contribution in [-0.2, 0) is 9.53 Å². The van der Waals surface area contributed by atoms with Gasteiger partial charge in [0.1, 0.15) is 0 Å². The Morgan fingerprint density at radius 2 is 2.33 bits per heavy atom. The Balaban J connectivity index is 1.79. The number of hydrogen-bond donors (Lipinski definition) is 0. The molecule has 2 aliphatic rings. The number of ether oxygens (including phenoxy) is 1. The van der Waals surface area contributed by atoms with E-state index in [4.69, 9.17) is 4.74 Å². The molecule has 0 aromatic carbocycles. The Kier molecular flexibility index (Phi) is 3.12. The average molecular weight is 211 g/mol. The van der Waals surface area contributed by atoms with Gasteiger partial charge in [-0.05, 0) is 24.8 Å². The molecule has 2 fully saturated rings. The van der Waals surface area contributed by atoms with Gasteiger partial charge in [-0.25, -0.2) is 0 Å². The highest BCUT2D eigenvalue weighted by Gasteiger charge is 2.32. The zero-order valence-corrected chi connectivity index (χ0v) is 9.79. The van der Waals surface area contributed by atoms with Gasteiger partial charge in [-0.3, -0.25) is 9.69 Å². The molecule has 1 atom stereocenters. The summed E-state index contributed by atoms with van der Waals surface area (Å²) < 4.78 is 5.24. The molecule has 3 heteroatoms. The topological polar surface area (TPSA) is 29.5 Å². The van der Waals surface area contributed by atoms with Gasteiger partial charge in [-0.1, -0.05) is 13.8 Å². The summed E-state index contributed by atoms with van der Waals surface area (Å²) in [6.07, 6.45) is 2.14. The molecule has 0 aliphatic carbocycles. The number of carbonyl (C=O) groups excluding carboxylic acids is 1. The fraction of sp³-hybridized carbons (Fsp3) is 0.917. The first kappa shape index (κ1) is 11.1. The van der Waals surface area contributed by atoms with Gasteiger partial charge >= 0.3 is 0 Å². The summed E-state index contributed by atoms with van der Waals surface area (Å²) in [7, 11) is 0. The lowest BCUT2D eigenvalue weighted by atomic mass is 9.93. The van der Waals surface area contributed by atoms with E-state index in [-0.39, 0.29) is 5.92 Å². The molecule has 3 nitrogen and oxygen atoms in total. The average Bonchev–Trinajstić information content (AvgIpc) is 2.74. The Hall–Kier alpha value is -0.410. The number of hydrogen-bond acceptors (Lipinski definition) is 3. The van der Waals surface area contributed by atoms with Crippen LogP contribution in [-0.4, -0.2) is 43.5 Å². The van der Waals surface area contributed by atoms with Crippen LogP contribution in [0.5, 0.6) is 0 Å². The van der Waals surface area contributed by atoms with Crippen LogP contribution in [0.3, 0.4) is 0 Å². The first-order valence-corrected chi connectivity index (χ1v) is 5.90. The van der Waals surface area contributed by atoms with Gasteiger partial charge in [0.2, 0.25) is 0 Å². The van der Waals surface area contributed by atoms with Gasteiger partial charge < -0.3 is 4.74 Å². The number of Topliss-reactive ketones (excluding diaryl/α,β-unsaturated/α-hetero) is 1. The fourth-order valence-electron chi connectivity index (χ4n) is 2.50. The quantitative estimate of drug-likeness (QED) is 0.705. The molecule has 0 radical (unpaired) electrons. The SMILES string of the molecule is CC1(C)CCN(CC(=O)C2CCOC2)C1. The van der Waals surface area contributed by atoms with Crippen LogP contribution < -0.4 is 0 Å². The van der Waals surface area contributed by atoms with Crippen molar-refractivity contribution < 1.29 is 9.53 Å². The second-order valence-corrected chi connectivity index (χ2v) is 5.65. The van der Waals surface area contributed by atoms with E-state index in [0.717, 1.165) is 26.1 Å². The van der Waals surface area contributed by atoms with Crippen LogP contribution in [0.15, 0.2) is 0 Å². The van der Waals surface area contributed by atoms with E-state index in [1.165, 1.54) is 6.42 Å². The van der Waals surface area contributed by atoms with E-state index >= 15 is 0 Å². The third kappa shape index (κ3) is 2.79. The molecule has 15 heavy (non-hydrogen) atoms. The molecule has 2 aliphatic heterocycles. The molecule has 0 amide bonds. The van der Waals surface area contributed by atoms with E-state index in [9.17, 15) is 4.79 Å². The Morgan fingerprint density at radius 1 is 1.53 bits per heavy atom. The third-order valence-corrected chi connectivity index (χ3v) is 3.52. The van der Waals surface area contributed by atoms with Gasteiger partial charge in [-0.15, -0.1) is 0 Å². The highest BCUT2D eigenvalue weighted by molar-refractivity contribution is 5.83. The second kappa shape index (κ2) is 4.22. The minimum atomic E-state index is 0.175. The first-order valence-electron chi connectivity index (χ1n) is 5.90. The lowest BCUT2D eigenvalue weighted by molar-refractivity contribution is -0.123. The molecule has 1 unspecified atom stereocenters. The van der Waals surface area contributed by atoms with Crippen molar-refractivity contribution in [1.29, 1.82) is 0 Å². The Morgan fingerprint density at radius 3 is 2.87 bits per heavy atom. The highest BCUT2D eigenvalue weighted by Crippen LogP contribution is 2.28. The highest BCUT2D eigenvalue weighted by atomic mass is 16.5. The van der Waals surface area contributed by atoms with Crippen molar-refractivity contribution in [3.8, 4) is 0 Å². The fourth-order valence-corrected chi connectivity index (χ4v) is 2.50. The van der Waals surface area contributed by atoms with E-state index in [0.29, 0.717) is 24.3 Å². The summed E-state index contributed by atoms with van der Waals surface area (Å²) in [5, 5.41) is 0. The number of likely N-dealkylation sites (tertiary alicyclic amines) is 1. The van der Waals surface area contributed by atoms with E-state index in [2.05, 4.69) is 18.7 Å². The van der Waals surface area contributed by atoms with Crippen LogP contribution in [0, 0.1) is 11.3 Å². The molecule has 0 saturated carbocycles. The summed E-state index contributed by atoms with van der Waals surface area (Å²) in [4.78, 5) is 14.2. The first-order chi connectivity index (χ1) is 7.07. The number of rotatable bonds is 3. The number of carbonyl (C=O) groups is 1. The summed E-state index contributed by atoms with van der Waals surface area (Å²) in [6, 6.07) is 0.